The molecule has 0 N–H and O–H groups in total. The van der Waals surface area contributed by atoms with Crippen LogP contribution < -0.4 is 19.6 Å². The fourth-order valence-electron chi connectivity index (χ4n) is 4.87. The van der Waals surface area contributed by atoms with E-state index in [1.807, 2.05) is 84.2 Å². The van der Waals surface area contributed by atoms with Crippen LogP contribution in [0.3, 0.4) is 0 Å². The maximum absolute atomic E-state index is 14.1. The molecule has 0 spiro atoms. The Morgan fingerprint density at radius 2 is 1.79 bits per heavy atom. The Kier molecular flexibility index (Phi) is 8.13. The first-order chi connectivity index (χ1) is 21.1. The van der Waals surface area contributed by atoms with E-state index in [1.54, 1.807) is 29.7 Å². The van der Waals surface area contributed by atoms with Gasteiger partial charge in [-0.2, -0.15) is 5.26 Å². The van der Waals surface area contributed by atoms with E-state index < -0.39 is 12.0 Å². The molecule has 2 aromatic heterocycles. The average Bonchev–Trinajstić information content (AvgIpc) is 3.69. The van der Waals surface area contributed by atoms with E-state index in [0.29, 0.717) is 38.5 Å². The van der Waals surface area contributed by atoms with Crippen molar-refractivity contribution in [2.45, 2.75) is 19.6 Å². The molecule has 0 radical (unpaired) electrons. The smallest absolute Gasteiger partial charge is 0.338 e. The summed E-state index contributed by atoms with van der Waals surface area (Å²) < 4.78 is 13.7. The molecule has 212 valence electrons. The second kappa shape index (κ2) is 12.4. The molecule has 3 aromatic carbocycles. The predicted octanol–water partition coefficient (Wildman–Crippen LogP) is 5.45. The largest absolute Gasteiger partial charge is 0.488 e. The van der Waals surface area contributed by atoms with E-state index in [1.165, 1.54) is 22.7 Å². The van der Waals surface area contributed by atoms with Crippen LogP contribution >= 0.6 is 22.7 Å². The number of carbonyl (C=O) groups excluding carboxylic acids is 1. The summed E-state index contributed by atoms with van der Waals surface area (Å²) >= 11 is 2.74. The standard InChI is InChI=1S/C34H25N3O4S2/c1-2-40-33(39)29-30(24-9-4-3-5-10-24)36-34-37(31(29)27-13-8-18-42-27)32(38)28(43-34)19-25-11-6-7-12-26(25)41-21-23-16-14-22(20-35)15-17-23/h3-19,31H,2,21H2,1H3/b28-19-/t31-/m1/s1. The zero-order chi connectivity index (χ0) is 29.8. The van der Waals surface area contributed by atoms with Gasteiger partial charge in [-0.25, -0.2) is 9.79 Å². The van der Waals surface area contributed by atoms with Crippen molar-refractivity contribution >= 4 is 40.4 Å². The number of hydrogen-bond donors (Lipinski definition) is 0. The summed E-state index contributed by atoms with van der Waals surface area (Å²) in [6.07, 6.45) is 1.81. The molecule has 0 unspecified atom stereocenters. The monoisotopic (exact) mass is 603 g/mol. The molecular formula is C34H25N3O4S2. The van der Waals surface area contributed by atoms with Crippen molar-refractivity contribution in [2.24, 2.45) is 4.99 Å². The van der Waals surface area contributed by atoms with Crippen LogP contribution in [0.2, 0.25) is 0 Å². The Bertz CT molecular complexity index is 2040. The molecule has 9 heteroatoms. The Morgan fingerprint density at radius 3 is 2.51 bits per heavy atom. The van der Waals surface area contributed by atoms with Crippen LogP contribution in [0, 0.1) is 11.3 Å². The van der Waals surface area contributed by atoms with Crippen molar-refractivity contribution in [2.75, 3.05) is 6.61 Å². The normalized spacial score (nSPS) is 14.5. The Hall–Kier alpha value is -5.04. The molecule has 0 saturated heterocycles. The van der Waals surface area contributed by atoms with E-state index in [2.05, 4.69) is 6.07 Å². The first-order valence-electron chi connectivity index (χ1n) is 13.6. The van der Waals surface area contributed by atoms with Gasteiger partial charge in [0, 0.05) is 16.0 Å². The fourth-order valence-corrected chi connectivity index (χ4v) is 6.68. The topological polar surface area (TPSA) is 93.7 Å². The van der Waals surface area contributed by atoms with Crippen LogP contribution in [-0.2, 0) is 16.1 Å². The number of fused-ring (bicyclic) bond motifs is 1. The van der Waals surface area contributed by atoms with Gasteiger partial charge in [0.1, 0.15) is 18.4 Å². The van der Waals surface area contributed by atoms with Crippen molar-refractivity contribution in [3.63, 3.8) is 0 Å². The molecule has 0 saturated carbocycles. The number of ether oxygens (including phenoxy) is 2. The summed E-state index contributed by atoms with van der Waals surface area (Å²) in [5.74, 6) is 0.115. The lowest BCUT2D eigenvalue weighted by Crippen LogP contribution is -2.39. The Labute approximate surface area is 255 Å². The maximum Gasteiger partial charge on any atom is 0.338 e. The molecule has 0 bridgehead atoms. The van der Waals surface area contributed by atoms with Gasteiger partial charge in [0.05, 0.1) is 34.0 Å². The molecule has 7 nitrogen and oxygen atoms in total. The van der Waals surface area contributed by atoms with Gasteiger partial charge < -0.3 is 9.47 Å². The molecule has 0 fully saturated rings. The minimum Gasteiger partial charge on any atom is -0.488 e. The average molecular weight is 604 g/mol. The molecule has 1 aliphatic heterocycles. The second-order valence-corrected chi connectivity index (χ2v) is 11.6. The number of nitrogens with zero attached hydrogens (tertiary/aromatic N) is 3. The summed E-state index contributed by atoms with van der Waals surface area (Å²) in [5, 5.41) is 11.0. The summed E-state index contributed by atoms with van der Waals surface area (Å²) in [7, 11) is 0. The number of nitriles is 1. The first-order valence-corrected chi connectivity index (χ1v) is 15.3. The van der Waals surface area contributed by atoms with Gasteiger partial charge in [-0.05, 0) is 48.2 Å². The fraction of sp³-hybridized carbons (Fsp3) is 0.118. The van der Waals surface area contributed by atoms with Gasteiger partial charge >= 0.3 is 5.97 Å². The van der Waals surface area contributed by atoms with Gasteiger partial charge in [0.15, 0.2) is 4.80 Å². The highest BCUT2D eigenvalue weighted by molar-refractivity contribution is 7.10. The second-order valence-electron chi connectivity index (χ2n) is 9.58. The molecule has 1 aliphatic rings. The van der Waals surface area contributed by atoms with Gasteiger partial charge in [0.2, 0.25) is 0 Å². The summed E-state index contributed by atoms with van der Waals surface area (Å²) in [6, 6.07) is 29.5. The summed E-state index contributed by atoms with van der Waals surface area (Å²) in [4.78, 5) is 33.8. The number of rotatable bonds is 8. The highest BCUT2D eigenvalue weighted by atomic mass is 32.1. The van der Waals surface area contributed by atoms with Gasteiger partial charge in [-0.3, -0.25) is 9.36 Å². The van der Waals surface area contributed by atoms with Crippen molar-refractivity contribution < 1.29 is 14.3 Å². The van der Waals surface area contributed by atoms with E-state index in [0.717, 1.165) is 21.6 Å². The molecule has 5 aromatic rings. The lowest BCUT2D eigenvalue weighted by Gasteiger charge is -2.24. The van der Waals surface area contributed by atoms with Crippen LogP contribution in [0.4, 0.5) is 0 Å². The van der Waals surface area contributed by atoms with Gasteiger partial charge in [0.25, 0.3) is 5.56 Å². The van der Waals surface area contributed by atoms with E-state index in [9.17, 15) is 9.59 Å². The predicted molar refractivity (Wildman–Crippen MR) is 167 cm³/mol. The van der Waals surface area contributed by atoms with Gasteiger partial charge in [-0.1, -0.05) is 78.1 Å². The minimum absolute atomic E-state index is 0.200. The van der Waals surface area contributed by atoms with Crippen molar-refractivity contribution in [1.82, 2.24) is 4.57 Å². The van der Waals surface area contributed by atoms with E-state index >= 15 is 0 Å². The molecule has 0 aliphatic carbocycles. The number of carbonyl (C=O) groups is 1. The van der Waals surface area contributed by atoms with Crippen LogP contribution in [-0.4, -0.2) is 17.1 Å². The number of para-hydroxylation sites is 1. The zero-order valence-corrected chi connectivity index (χ0v) is 24.7. The number of benzene rings is 3. The van der Waals surface area contributed by atoms with Crippen LogP contribution in [0.25, 0.3) is 11.8 Å². The van der Waals surface area contributed by atoms with E-state index in [-0.39, 0.29) is 12.2 Å². The number of esters is 1. The van der Waals surface area contributed by atoms with Crippen LogP contribution in [0.15, 0.2) is 112 Å². The third-order valence-electron chi connectivity index (χ3n) is 6.87. The Balaban J connectivity index is 1.47. The molecule has 0 amide bonds. The summed E-state index contributed by atoms with van der Waals surface area (Å²) in [6.45, 7) is 2.27. The molecule has 3 heterocycles. The quantitative estimate of drug-likeness (QED) is 0.220. The van der Waals surface area contributed by atoms with Crippen molar-refractivity contribution in [3.8, 4) is 11.8 Å². The maximum atomic E-state index is 14.1. The highest BCUT2D eigenvalue weighted by Gasteiger charge is 2.35. The van der Waals surface area contributed by atoms with Crippen molar-refractivity contribution in [1.29, 1.82) is 5.26 Å². The van der Waals surface area contributed by atoms with Crippen molar-refractivity contribution in [3.05, 3.63) is 149 Å². The number of thiophene rings is 1. The number of hydrogen-bond acceptors (Lipinski definition) is 8. The minimum atomic E-state index is -0.685. The lowest BCUT2D eigenvalue weighted by atomic mass is 9.97. The first kappa shape index (κ1) is 28.1. The van der Waals surface area contributed by atoms with E-state index in [4.69, 9.17) is 19.7 Å². The van der Waals surface area contributed by atoms with Crippen LogP contribution in [0.1, 0.15) is 40.1 Å². The third-order valence-corrected chi connectivity index (χ3v) is 8.78. The molecular weight excluding hydrogens is 579 g/mol. The third kappa shape index (κ3) is 5.71. The molecule has 43 heavy (non-hydrogen) atoms. The molecule has 1 atom stereocenters. The SMILES string of the molecule is CCOC(=O)C1=C(c2ccccc2)N=c2s/c(=C\c3ccccc3OCc3ccc(C#N)cc3)c(=O)n2[C@@H]1c1cccs1. The summed E-state index contributed by atoms with van der Waals surface area (Å²) in [5.41, 5.74) is 3.59. The molecule has 6 rings (SSSR count). The zero-order valence-electron chi connectivity index (χ0n) is 23.1. The highest BCUT2D eigenvalue weighted by Crippen LogP contribution is 2.36. The number of thiazole rings is 1. The number of aromatic nitrogens is 1. The lowest BCUT2D eigenvalue weighted by molar-refractivity contribution is -0.138. The van der Waals surface area contributed by atoms with Gasteiger partial charge in [-0.15, -0.1) is 11.3 Å². The Morgan fingerprint density at radius 1 is 1.02 bits per heavy atom. The van der Waals surface area contributed by atoms with Crippen LogP contribution in [0.5, 0.6) is 5.75 Å².